The summed E-state index contributed by atoms with van der Waals surface area (Å²) in [5.41, 5.74) is 3.46. The number of benzene rings is 1. The van der Waals surface area contributed by atoms with E-state index in [4.69, 9.17) is 20.5 Å². The number of ketones is 1. The van der Waals surface area contributed by atoms with Crippen LogP contribution in [-0.2, 0) is 22.4 Å². The van der Waals surface area contributed by atoms with E-state index in [-0.39, 0.29) is 31.0 Å². The Morgan fingerprint density at radius 1 is 1.20 bits per heavy atom. The summed E-state index contributed by atoms with van der Waals surface area (Å²) in [4.78, 5) is 24.5. The molecule has 7 heteroatoms. The fourth-order valence-electron chi connectivity index (χ4n) is 4.55. The molecule has 1 fully saturated rings. The summed E-state index contributed by atoms with van der Waals surface area (Å²) in [6, 6.07) is 9.52. The van der Waals surface area contributed by atoms with Crippen LogP contribution >= 0.6 is 11.6 Å². The Balaban J connectivity index is 1.60. The first-order chi connectivity index (χ1) is 16.7. The minimum Gasteiger partial charge on any atom is -0.481 e. The SMILES string of the molecule is Cc1ccc(CC(=O)C[C@H](CCC(=O)O)c2noc(-c3ccc(CC(C)C)o3)c2C2CC2)c(Cl)c1. The maximum Gasteiger partial charge on any atom is 0.303 e. The second-order valence-electron chi connectivity index (χ2n) is 10.1. The Bertz CT molecular complexity index is 1200. The molecule has 1 aliphatic rings. The number of Topliss-reactive ketones (excluding diaryl/α,β-unsaturated/α-hetero) is 1. The van der Waals surface area contributed by atoms with E-state index in [2.05, 4.69) is 19.0 Å². The van der Waals surface area contributed by atoms with Gasteiger partial charge in [0.15, 0.2) is 5.76 Å². The van der Waals surface area contributed by atoms with Crippen LogP contribution in [0.1, 0.15) is 85.9 Å². The third kappa shape index (κ3) is 6.43. The number of furan rings is 1. The minimum atomic E-state index is -0.898. The van der Waals surface area contributed by atoms with Gasteiger partial charge in [0.25, 0.3) is 0 Å². The lowest BCUT2D eigenvalue weighted by molar-refractivity contribution is -0.137. The second-order valence-corrected chi connectivity index (χ2v) is 10.5. The molecule has 4 rings (SSSR count). The number of hydrogen-bond donors (Lipinski definition) is 1. The monoisotopic (exact) mass is 497 g/mol. The third-order valence-electron chi connectivity index (χ3n) is 6.40. The first-order valence-corrected chi connectivity index (χ1v) is 12.7. The fourth-order valence-corrected chi connectivity index (χ4v) is 4.85. The van der Waals surface area contributed by atoms with Crippen LogP contribution < -0.4 is 0 Å². The molecule has 3 aromatic rings. The number of aromatic nitrogens is 1. The van der Waals surface area contributed by atoms with Crippen LogP contribution in [0, 0.1) is 12.8 Å². The van der Waals surface area contributed by atoms with Gasteiger partial charge in [-0.2, -0.15) is 0 Å². The molecule has 0 bridgehead atoms. The van der Waals surface area contributed by atoms with Crippen molar-refractivity contribution in [2.45, 2.75) is 77.6 Å². The van der Waals surface area contributed by atoms with E-state index in [1.54, 1.807) is 0 Å². The van der Waals surface area contributed by atoms with E-state index in [0.29, 0.717) is 40.5 Å². The van der Waals surface area contributed by atoms with Crippen LogP contribution in [0.2, 0.25) is 5.02 Å². The van der Waals surface area contributed by atoms with Gasteiger partial charge in [-0.05, 0) is 67.3 Å². The first-order valence-electron chi connectivity index (χ1n) is 12.3. The number of carboxylic acid groups (broad SMARTS) is 1. The summed E-state index contributed by atoms with van der Waals surface area (Å²) in [6.45, 7) is 6.22. The quantitative estimate of drug-likeness (QED) is 0.286. The van der Waals surface area contributed by atoms with Gasteiger partial charge in [-0.3, -0.25) is 9.59 Å². The normalized spacial score (nSPS) is 14.4. The number of carbonyl (C=O) groups excluding carboxylic acids is 1. The zero-order chi connectivity index (χ0) is 25.1. The van der Waals surface area contributed by atoms with Gasteiger partial charge >= 0.3 is 5.97 Å². The average molecular weight is 498 g/mol. The number of aliphatic carboxylic acids is 1. The van der Waals surface area contributed by atoms with Gasteiger partial charge in [0, 0.05) is 42.2 Å². The highest BCUT2D eigenvalue weighted by molar-refractivity contribution is 6.31. The smallest absolute Gasteiger partial charge is 0.303 e. The number of carbonyl (C=O) groups is 2. The highest BCUT2D eigenvalue weighted by Gasteiger charge is 2.37. The van der Waals surface area contributed by atoms with Crippen molar-refractivity contribution in [1.82, 2.24) is 5.16 Å². The molecule has 0 spiro atoms. The standard InChI is InChI=1S/C28H32ClNO5/c1-16(2)12-22-9-10-24(34-22)28-26(18-6-7-18)27(30-35-28)20(8-11-25(32)33)15-21(31)14-19-5-4-17(3)13-23(19)29/h4-5,9-10,13,16,18,20H,6-8,11-12,14-15H2,1-3H3,(H,32,33)/t20-/m0/s1. The average Bonchev–Trinajstić information content (AvgIpc) is 3.36. The van der Waals surface area contributed by atoms with E-state index in [1.807, 2.05) is 37.3 Å². The predicted octanol–water partition coefficient (Wildman–Crippen LogP) is 7.12. The maximum absolute atomic E-state index is 13.1. The van der Waals surface area contributed by atoms with Crippen LogP contribution in [0.25, 0.3) is 11.5 Å². The first kappa shape index (κ1) is 25.2. The molecule has 1 N–H and O–H groups in total. The molecule has 0 amide bonds. The highest BCUT2D eigenvalue weighted by atomic mass is 35.5. The van der Waals surface area contributed by atoms with E-state index in [0.717, 1.165) is 41.7 Å². The molecule has 186 valence electrons. The van der Waals surface area contributed by atoms with Gasteiger partial charge in [0.05, 0.1) is 5.69 Å². The van der Waals surface area contributed by atoms with Crippen LogP contribution in [0.3, 0.4) is 0 Å². The molecule has 6 nitrogen and oxygen atoms in total. The van der Waals surface area contributed by atoms with Gasteiger partial charge < -0.3 is 14.0 Å². The number of halogens is 1. The molecule has 0 saturated heterocycles. The number of nitrogens with zero attached hydrogens (tertiary/aromatic N) is 1. The van der Waals surface area contributed by atoms with Crippen molar-refractivity contribution in [3.8, 4) is 11.5 Å². The summed E-state index contributed by atoms with van der Waals surface area (Å²) >= 11 is 6.34. The number of rotatable bonds is 12. The van der Waals surface area contributed by atoms with Crippen molar-refractivity contribution in [2.24, 2.45) is 5.92 Å². The number of hydrogen-bond acceptors (Lipinski definition) is 5. The van der Waals surface area contributed by atoms with Crippen molar-refractivity contribution >= 4 is 23.4 Å². The second kappa shape index (κ2) is 10.8. The zero-order valence-electron chi connectivity index (χ0n) is 20.5. The fraction of sp³-hybridized carbons (Fsp3) is 0.464. The van der Waals surface area contributed by atoms with Gasteiger partial charge in [-0.25, -0.2) is 0 Å². The molecule has 1 saturated carbocycles. The van der Waals surface area contributed by atoms with Crippen molar-refractivity contribution in [3.05, 3.63) is 63.5 Å². The van der Waals surface area contributed by atoms with Crippen LogP contribution in [0.4, 0.5) is 0 Å². The van der Waals surface area contributed by atoms with E-state index in [9.17, 15) is 14.7 Å². The van der Waals surface area contributed by atoms with Crippen molar-refractivity contribution in [2.75, 3.05) is 0 Å². The van der Waals surface area contributed by atoms with Crippen LogP contribution in [0.15, 0.2) is 39.3 Å². The molecular formula is C28H32ClNO5. The zero-order valence-corrected chi connectivity index (χ0v) is 21.2. The molecule has 0 unspecified atom stereocenters. The molecule has 1 atom stereocenters. The van der Waals surface area contributed by atoms with Crippen molar-refractivity contribution in [1.29, 1.82) is 0 Å². The summed E-state index contributed by atoms with van der Waals surface area (Å²) < 4.78 is 11.9. The maximum atomic E-state index is 13.1. The summed E-state index contributed by atoms with van der Waals surface area (Å²) in [6.07, 6.45) is 3.50. The topological polar surface area (TPSA) is 93.5 Å². The minimum absolute atomic E-state index is 0.00495. The van der Waals surface area contributed by atoms with Gasteiger partial charge in [-0.15, -0.1) is 0 Å². The Morgan fingerprint density at radius 2 is 1.97 bits per heavy atom. The molecular weight excluding hydrogens is 466 g/mol. The summed E-state index contributed by atoms with van der Waals surface area (Å²) in [5, 5.41) is 14.3. The molecule has 1 aromatic carbocycles. The van der Waals surface area contributed by atoms with Crippen LogP contribution in [0.5, 0.6) is 0 Å². The molecule has 35 heavy (non-hydrogen) atoms. The number of aryl methyl sites for hydroxylation is 1. The summed E-state index contributed by atoms with van der Waals surface area (Å²) in [7, 11) is 0. The Kier molecular flexibility index (Phi) is 7.80. The molecule has 2 aromatic heterocycles. The van der Waals surface area contributed by atoms with E-state index >= 15 is 0 Å². The lowest BCUT2D eigenvalue weighted by Gasteiger charge is -2.15. The largest absolute Gasteiger partial charge is 0.481 e. The van der Waals surface area contributed by atoms with Gasteiger partial charge in [-0.1, -0.05) is 42.7 Å². The lowest BCUT2D eigenvalue weighted by Crippen LogP contribution is -2.13. The third-order valence-corrected chi connectivity index (χ3v) is 6.75. The van der Waals surface area contributed by atoms with Crippen molar-refractivity contribution < 1.29 is 23.6 Å². The van der Waals surface area contributed by atoms with E-state index in [1.165, 1.54) is 0 Å². The number of carboxylic acids is 1. The Morgan fingerprint density at radius 3 is 2.63 bits per heavy atom. The molecule has 2 heterocycles. The van der Waals surface area contributed by atoms with Gasteiger partial charge in [0.1, 0.15) is 11.5 Å². The van der Waals surface area contributed by atoms with Crippen LogP contribution in [-0.4, -0.2) is 22.0 Å². The molecule has 1 aliphatic carbocycles. The lowest BCUT2D eigenvalue weighted by atomic mass is 9.88. The predicted molar refractivity (Wildman–Crippen MR) is 134 cm³/mol. The van der Waals surface area contributed by atoms with Crippen molar-refractivity contribution in [3.63, 3.8) is 0 Å². The van der Waals surface area contributed by atoms with Gasteiger partial charge in [0.2, 0.25) is 5.76 Å². The van der Waals surface area contributed by atoms with E-state index < -0.39 is 5.97 Å². The molecule has 0 aliphatic heterocycles. The summed E-state index contributed by atoms with van der Waals surface area (Å²) in [5.74, 6) is 1.64. The Hall–Kier alpha value is -2.86. The Labute approximate surface area is 210 Å². The molecule has 0 radical (unpaired) electrons. The highest BCUT2D eigenvalue weighted by Crippen LogP contribution is 2.49.